The van der Waals surface area contributed by atoms with Crippen molar-refractivity contribution in [1.82, 2.24) is 4.67 Å². The van der Waals surface area contributed by atoms with Crippen LogP contribution in [0.25, 0.3) is 10.1 Å². The normalized spacial score (nSPS) is 21.2. The fraction of sp³-hybridized carbons (Fsp3) is 0.429. The Kier molecular flexibility index (Phi) is 8.94. The first-order valence-corrected chi connectivity index (χ1v) is 14.9. The summed E-state index contributed by atoms with van der Waals surface area (Å²) in [6, 6.07) is 20.3. The lowest BCUT2D eigenvalue weighted by Crippen LogP contribution is -2.42. The Balaban J connectivity index is 1.82. The lowest BCUT2D eigenvalue weighted by Gasteiger charge is -2.44. The van der Waals surface area contributed by atoms with Crippen LogP contribution in [0.2, 0.25) is 0 Å². The van der Waals surface area contributed by atoms with Gasteiger partial charge in [0.25, 0.3) is 0 Å². The zero-order chi connectivity index (χ0) is 23.1. The van der Waals surface area contributed by atoms with E-state index in [1.54, 1.807) is 0 Å². The van der Waals surface area contributed by atoms with Gasteiger partial charge in [-0.15, -0.1) is 0 Å². The van der Waals surface area contributed by atoms with Crippen LogP contribution in [0.15, 0.2) is 72.3 Å². The fourth-order valence-electron chi connectivity index (χ4n) is 5.34. The van der Waals surface area contributed by atoms with Crippen LogP contribution in [0, 0.1) is 0 Å². The van der Waals surface area contributed by atoms with E-state index in [1.165, 1.54) is 38.5 Å². The molecule has 2 nitrogen and oxygen atoms in total. The Labute approximate surface area is 209 Å². The Hall–Kier alpha value is -1.31. The maximum atomic E-state index is 15.1. The lowest BCUT2D eigenvalue weighted by atomic mass is 9.91. The molecule has 33 heavy (non-hydrogen) atoms. The molecule has 2 aliphatic carbocycles. The summed E-state index contributed by atoms with van der Waals surface area (Å²) in [5, 5.41) is 1.06. The Morgan fingerprint density at radius 2 is 1.03 bits per heavy atom. The molecule has 0 aliphatic heterocycles. The number of rotatable bonds is 7. The first kappa shape index (κ1) is 24.8. The van der Waals surface area contributed by atoms with E-state index in [0.29, 0.717) is 22.1 Å². The summed E-state index contributed by atoms with van der Waals surface area (Å²) in [5.74, 6) is 3.64. The van der Waals surface area contributed by atoms with Crippen molar-refractivity contribution >= 4 is 40.6 Å². The Bertz CT molecular complexity index is 916. The maximum Gasteiger partial charge on any atom is 0.196 e. The molecule has 176 valence electrons. The molecule has 0 radical (unpaired) electrons. The average Bonchev–Trinajstić information content (AvgIpc) is 2.86. The van der Waals surface area contributed by atoms with E-state index in [4.69, 9.17) is 23.2 Å². The molecule has 0 saturated heterocycles. The molecule has 0 amide bonds. The molecule has 0 unspecified atom stereocenters. The molecule has 0 aromatic heterocycles. The molecule has 2 aromatic rings. The maximum absolute atomic E-state index is 15.1. The van der Waals surface area contributed by atoms with Crippen molar-refractivity contribution in [2.75, 3.05) is 0 Å². The van der Waals surface area contributed by atoms with Gasteiger partial charge in [-0.3, -0.25) is 4.57 Å². The van der Waals surface area contributed by atoms with Crippen molar-refractivity contribution in [2.45, 2.75) is 76.3 Å². The second-order valence-electron chi connectivity index (χ2n) is 9.32. The first-order valence-electron chi connectivity index (χ1n) is 12.3. The third-order valence-electron chi connectivity index (χ3n) is 6.95. The van der Waals surface area contributed by atoms with Crippen LogP contribution in [0.5, 0.6) is 0 Å². The molecule has 0 bridgehead atoms. The van der Waals surface area contributed by atoms with E-state index < -0.39 is 7.29 Å². The van der Waals surface area contributed by atoms with E-state index in [9.17, 15) is 0 Å². The summed E-state index contributed by atoms with van der Waals surface area (Å²) in [4.78, 5) is 0. The summed E-state index contributed by atoms with van der Waals surface area (Å²) >= 11 is 13.7. The van der Waals surface area contributed by atoms with Crippen LogP contribution >= 0.6 is 30.5 Å². The van der Waals surface area contributed by atoms with Crippen molar-refractivity contribution in [3.63, 3.8) is 0 Å². The summed E-state index contributed by atoms with van der Waals surface area (Å²) < 4.78 is 17.4. The van der Waals surface area contributed by atoms with Crippen LogP contribution in [0.3, 0.4) is 0 Å². The predicted molar refractivity (Wildman–Crippen MR) is 144 cm³/mol. The SMILES string of the molecule is O=P(C=C(Cl)c1ccccc1)(C=C(Cl)c1ccccc1)N(C1CCCCC1)C1CCCCC1. The van der Waals surface area contributed by atoms with E-state index in [1.807, 2.05) is 72.3 Å². The number of hydrogen-bond acceptors (Lipinski definition) is 1. The van der Waals surface area contributed by atoms with Crippen LogP contribution in [-0.4, -0.2) is 16.8 Å². The second kappa shape index (κ2) is 11.9. The molecular formula is C28H34Cl2NOP. The second-order valence-corrected chi connectivity index (χ2v) is 12.5. The van der Waals surface area contributed by atoms with Gasteiger partial charge in [0, 0.05) is 23.7 Å². The van der Waals surface area contributed by atoms with Crippen LogP contribution < -0.4 is 0 Å². The number of halogens is 2. The van der Waals surface area contributed by atoms with Crippen LogP contribution in [-0.2, 0) is 4.57 Å². The number of hydrogen-bond donors (Lipinski definition) is 0. The monoisotopic (exact) mass is 501 g/mol. The van der Waals surface area contributed by atoms with Crippen molar-refractivity contribution in [3.05, 3.63) is 83.4 Å². The van der Waals surface area contributed by atoms with Crippen LogP contribution in [0.4, 0.5) is 0 Å². The van der Waals surface area contributed by atoms with Gasteiger partial charge in [0.05, 0.1) is 10.1 Å². The largest absolute Gasteiger partial charge is 0.297 e. The topological polar surface area (TPSA) is 20.3 Å². The third-order valence-corrected chi connectivity index (χ3v) is 10.5. The third kappa shape index (κ3) is 6.43. The van der Waals surface area contributed by atoms with Gasteiger partial charge in [-0.1, -0.05) is 122 Å². The Morgan fingerprint density at radius 3 is 1.39 bits per heavy atom. The lowest BCUT2D eigenvalue weighted by molar-refractivity contribution is 0.170. The van der Waals surface area contributed by atoms with E-state index >= 15 is 4.57 Å². The van der Waals surface area contributed by atoms with E-state index in [2.05, 4.69) is 4.67 Å². The molecule has 2 aliphatic rings. The van der Waals surface area contributed by atoms with Gasteiger partial charge in [0.2, 0.25) is 0 Å². The predicted octanol–water partition coefficient (Wildman–Crippen LogP) is 9.71. The number of nitrogens with zero attached hydrogens (tertiary/aromatic N) is 1. The molecule has 0 spiro atoms. The van der Waals surface area contributed by atoms with E-state index in [-0.39, 0.29) is 0 Å². The summed E-state index contributed by atoms with van der Waals surface area (Å²) in [6.45, 7) is 0. The summed E-state index contributed by atoms with van der Waals surface area (Å²) in [7, 11) is -3.16. The van der Waals surface area contributed by atoms with Gasteiger partial charge >= 0.3 is 0 Å². The minimum Gasteiger partial charge on any atom is -0.297 e. The molecule has 2 saturated carbocycles. The quantitative estimate of drug-likeness (QED) is 0.351. The molecular weight excluding hydrogens is 468 g/mol. The Morgan fingerprint density at radius 1 is 0.667 bits per heavy atom. The summed E-state index contributed by atoms with van der Waals surface area (Å²) in [6.07, 6.45) is 11.7. The zero-order valence-corrected chi connectivity index (χ0v) is 21.6. The number of benzene rings is 2. The van der Waals surface area contributed by atoms with Gasteiger partial charge in [-0.25, -0.2) is 4.67 Å². The fourth-order valence-corrected chi connectivity index (χ4v) is 9.20. The minimum absolute atomic E-state index is 0.306. The summed E-state index contributed by atoms with van der Waals surface area (Å²) in [5.41, 5.74) is 1.77. The van der Waals surface area contributed by atoms with Gasteiger partial charge in [0.1, 0.15) is 0 Å². The molecule has 4 rings (SSSR count). The van der Waals surface area contributed by atoms with Gasteiger partial charge in [-0.05, 0) is 36.8 Å². The first-order chi connectivity index (χ1) is 16.1. The van der Waals surface area contributed by atoms with Crippen molar-refractivity contribution < 1.29 is 4.57 Å². The van der Waals surface area contributed by atoms with Crippen LogP contribution in [0.1, 0.15) is 75.3 Å². The van der Waals surface area contributed by atoms with Crippen molar-refractivity contribution in [3.8, 4) is 0 Å². The zero-order valence-electron chi connectivity index (χ0n) is 19.2. The van der Waals surface area contributed by atoms with Crippen molar-refractivity contribution in [2.24, 2.45) is 0 Å². The molecule has 0 N–H and O–H groups in total. The molecule has 0 atom stereocenters. The van der Waals surface area contributed by atoms with Gasteiger partial charge < -0.3 is 0 Å². The highest BCUT2D eigenvalue weighted by atomic mass is 35.5. The molecule has 0 heterocycles. The average molecular weight is 502 g/mol. The molecule has 5 heteroatoms. The van der Waals surface area contributed by atoms with E-state index in [0.717, 1.165) is 36.8 Å². The van der Waals surface area contributed by atoms with Gasteiger partial charge in [0.15, 0.2) is 7.29 Å². The highest BCUT2D eigenvalue weighted by Crippen LogP contribution is 2.61. The molecule has 2 fully saturated rings. The molecule has 2 aromatic carbocycles. The smallest absolute Gasteiger partial charge is 0.196 e. The van der Waals surface area contributed by atoms with Crippen molar-refractivity contribution in [1.29, 1.82) is 0 Å². The highest BCUT2D eigenvalue weighted by molar-refractivity contribution is 7.68. The van der Waals surface area contributed by atoms with Gasteiger partial charge in [-0.2, -0.15) is 0 Å². The standard InChI is InChI=1S/C28H34Cl2NOP/c29-27(23-13-5-1-6-14-23)21-33(32,22-28(30)24-15-7-2-8-16-24)31(25-17-9-3-10-18-25)26-19-11-4-12-20-26/h1-2,5-8,13-16,21-22,25-26H,3-4,9-12,17-20H2. The highest BCUT2D eigenvalue weighted by Gasteiger charge is 2.39. The minimum atomic E-state index is -3.16.